The summed E-state index contributed by atoms with van der Waals surface area (Å²) in [4.78, 5) is 14.7. The van der Waals surface area contributed by atoms with E-state index < -0.39 is 11.4 Å². The van der Waals surface area contributed by atoms with Crippen molar-refractivity contribution in [1.82, 2.24) is 4.90 Å². The number of methoxy groups -OCH3 is 1. The van der Waals surface area contributed by atoms with Crippen molar-refractivity contribution < 1.29 is 24.0 Å². The van der Waals surface area contributed by atoms with Crippen LogP contribution in [0.25, 0.3) is 0 Å². The minimum atomic E-state index is -0.657. The maximum Gasteiger partial charge on any atom is 0.201 e. The van der Waals surface area contributed by atoms with Crippen molar-refractivity contribution in [2.24, 2.45) is 23.7 Å². The second kappa shape index (κ2) is 9.19. The van der Waals surface area contributed by atoms with E-state index in [1.807, 2.05) is 14.0 Å². The zero-order valence-electron chi connectivity index (χ0n) is 19.9. The molecule has 6 nitrogen and oxygen atoms in total. The molecule has 0 N–H and O–H groups in total. The van der Waals surface area contributed by atoms with Gasteiger partial charge in [-0.05, 0) is 95.7 Å². The van der Waals surface area contributed by atoms with E-state index >= 15 is 0 Å². The third-order valence-electron chi connectivity index (χ3n) is 9.24. The van der Waals surface area contributed by atoms with Gasteiger partial charge in [-0.2, -0.15) is 0 Å². The number of hydrogen-bond donors (Lipinski definition) is 0. The zero-order chi connectivity index (χ0) is 21.5. The van der Waals surface area contributed by atoms with Gasteiger partial charge in [0, 0.05) is 26.1 Å². The molecular weight excluding hydrogens is 394 g/mol. The van der Waals surface area contributed by atoms with Crippen molar-refractivity contribution in [3.63, 3.8) is 0 Å². The van der Waals surface area contributed by atoms with Crippen LogP contribution in [0.15, 0.2) is 0 Å². The summed E-state index contributed by atoms with van der Waals surface area (Å²) < 4.78 is 18.4. The molecule has 0 aromatic carbocycles. The fourth-order valence-corrected chi connectivity index (χ4v) is 7.26. The highest BCUT2D eigenvalue weighted by atomic mass is 17.3. The summed E-state index contributed by atoms with van der Waals surface area (Å²) in [5.41, 5.74) is -0.395. The fraction of sp³-hybridized carbons (Fsp3) is 1.00. The van der Waals surface area contributed by atoms with E-state index in [9.17, 15) is 0 Å². The van der Waals surface area contributed by atoms with Crippen LogP contribution in [-0.4, -0.2) is 62.0 Å². The highest BCUT2D eigenvalue weighted by Gasteiger charge is 2.67. The van der Waals surface area contributed by atoms with Crippen molar-refractivity contribution >= 4 is 0 Å². The molecule has 7 atom stereocenters. The molecule has 2 bridgehead atoms. The molecule has 7 unspecified atom stereocenters. The lowest BCUT2D eigenvalue weighted by Crippen LogP contribution is -2.69. The number of fused-ring (bicyclic) bond motifs is 2. The van der Waals surface area contributed by atoms with Crippen molar-refractivity contribution in [3.05, 3.63) is 0 Å². The summed E-state index contributed by atoms with van der Waals surface area (Å²) in [6, 6.07) is 0. The summed E-state index contributed by atoms with van der Waals surface area (Å²) in [6.45, 7) is 8.95. The van der Waals surface area contributed by atoms with Crippen molar-refractivity contribution in [1.29, 1.82) is 0 Å². The van der Waals surface area contributed by atoms with Gasteiger partial charge in [0.05, 0.1) is 6.10 Å². The molecule has 31 heavy (non-hydrogen) atoms. The van der Waals surface area contributed by atoms with Gasteiger partial charge in [0.25, 0.3) is 0 Å². The molecule has 5 saturated heterocycles. The van der Waals surface area contributed by atoms with E-state index in [1.165, 1.54) is 64.6 Å². The van der Waals surface area contributed by atoms with Crippen LogP contribution in [0, 0.1) is 23.7 Å². The van der Waals surface area contributed by atoms with E-state index in [0.717, 1.165) is 31.8 Å². The van der Waals surface area contributed by atoms with Gasteiger partial charge in [-0.3, -0.25) is 0 Å². The van der Waals surface area contributed by atoms with Crippen molar-refractivity contribution in [2.75, 3.05) is 33.4 Å². The molecule has 6 rings (SSSR count). The molecule has 1 saturated carbocycles. The molecule has 178 valence electrons. The quantitative estimate of drug-likeness (QED) is 0.546. The van der Waals surface area contributed by atoms with Gasteiger partial charge in [0.15, 0.2) is 11.9 Å². The molecule has 0 aromatic rings. The van der Waals surface area contributed by atoms with Crippen LogP contribution >= 0.6 is 0 Å². The number of ether oxygens (including phenoxy) is 3. The molecular formula is C25H43NO5. The van der Waals surface area contributed by atoms with Crippen LogP contribution in [0.3, 0.4) is 0 Å². The van der Waals surface area contributed by atoms with Gasteiger partial charge < -0.3 is 19.1 Å². The summed E-state index contributed by atoms with van der Waals surface area (Å²) in [7, 11) is 1.81. The van der Waals surface area contributed by atoms with Crippen LogP contribution in [0.2, 0.25) is 0 Å². The second-order valence-corrected chi connectivity index (χ2v) is 11.1. The van der Waals surface area contributed by atoms with E-state index in [-0.39, 0.29) is 12.4 Å². The lowest BCUT2D eigenvalue weighted by molar-refractivity contribution is -0.569. The maximum atomic E-state index is 6.70. The molecule has 0 amide bonds. The zero-order valence-corrected chi connectivity index (χ0v) is 19.9. The summed E-state index contributed by atoms with van der Waals surface area (Å²) in [5, 5.41) is 0. The number of nitrogens with zero attached hydrogens (tertiary/aromatic N) is 1. The topological polar surface area (TPSA) is 49.4 Å². The SMILES string of the molecule is COCCC1CCN(CCCC2OC3OC4(C)CCC5CCCC(C2C)C53OO4)CC1. The average molecular weight is 438 g/mol. The number of piperidine rings is 1. The summed E-state index contributed by atoms with van der Waals surface area (Å²) in [6.07, 6.45) is 11.8. The minimum Gasteiger partial charge on any atom is -0.385 e. The Kier molecular flexibility index (Phi) is 6.68. The molecule has 5 aliphatic heterocycles. The van der Waals surface area contributed by atoms with Crippen LogP contribution in [0.1, 0.15) is 78.1 Å². The first kappa shape index (κ1) is 22.5. The Morgan fingerprint density at radius 3 is 2.68 bits per heavy atom. The Labute approximate surface area is 188 Å². The standard InChI is InChI=1S/C25H43NO5/c1-18-21-7-4-6-20-9-13-24(2)29-23(25(20,21)31-30-24)28-22(18)8-5-14-26-15-10-19(11-16-26)12-17-27-3/h18-23H,4-17H2,1-3H3. The highest BCUT2D eigenvalue weighted by Crippen LogP contribution is 2.59. The normalized spacial score (nSPS) is 46.0. The van der Waals surface area contributed by atoms with Crippen LogP contribution < -0.4 is 0 Å². The molecule has 0 radical (unpaired) electrons. The minimum absolute atomic E-state index is 0.255. The Morgan fingerprint density at radius 1 is 1.03 bits per heavy atom. The first-order chi connectivity index (χ1) is 15.0. The largest absolute Gasteiger partial charge is 0.385 e. The average Bonchev–Trinajstić information content (AvgIpc) is 3.01. The lowest BCUT2D eigenvalue weighted by atomic mass is 9.60. The predicted octanol–water partition coefficient (Wildman–Crippen LogP) is 4.52. The Morgan fingerprint density at radius 2 is 1.87 bits per heavy atom. The third-order valence-corrected chi connectivity index (χ3v) is 9.24. The third kappa shape index (κ3) is 4.22. The van der Waals surface area contributed by atoms with Crippen molar-refractivity contribution in [3.8, 4) is 0 Å². The van der Waals surface area contributed by atoms with E-state index in [4.69, 9.17) is 24.0 Å². The van der Waals surface area contributed by atoms with E-state index in [2.05, 4.69) is 11.8 Å². The van der Waals surface area contributed by atoms with Crippen LogP contribution in [0.4, 0.5) is 0 Å². The number of likely N-dealkylation sites (tertiary alicyclic amines) is 1. The van der Waals surface area contributed by atoms with Gasteiger partial charge in [-0.25, -0.2) is 9.78 Å². The monoisotopic (exact) mass is 437 g/mol. The number of hydrogen-bond acceptors (Lipinski definition) is 6. The molecule has 1 aliphatic carbocycles. The summed E-state index contributed by atoms with van der Waals surface area (Å²) in [5.74, 6) is 1.63. The first-order valence-electron chi connectivity index (χ1n) is 13.0. The molecule has 0 aromatic heterocycles. The molecule has 1 spiro atoms. The van der Waals surface area contributed by atoms with Gasteiger partial charge in [0.2, 0.25) is 5.79 Å². The Balaban J connectivity index is 1.17. The Hall–Kier alpha value is -0.240. The fourth-order valence-electron chi connectivity index (χ4n) is 7.26. The smallest absolute Gasteiger partial charge is 0.201 e. The van der Waals surface area contributed by atoms with E-state index in [1.54, 1.807) is 0 Å². The molecule has 6 heteroatoms. The van der Waals surface area contributed by atoms with Crippen LogP contribution in [0.5, 0.6) is 0 Å². The van der Waals surface area contributed by atoms with Crippen LogP contribution in [-0.2, 0) is 24.0 Å². The predicted molar refractivity (Wildman–Crippen MR) is 117 cm³/mol. The molecule has 6 fully saturated rings. The van der Waals surface area contributed by atoms with Gasteiger partial charge in [-0.1, -0.05) is 13.3 Å². The molecule has 5 heterocycles. The van der Waals surface area contributed by atoms with Gasteiger partial charge in [-0.15, -0.1) is 0 Å². The first-order valence-corrected chi connectivity index (χ1v) is 13.0. The maximum absolute atomic E-state index is 6.70. The summed E-state index contributed by atoms with van der Waals surface area (Å²) >= 11 is 0. The highest BCUT2D eigenvalue weighted by molar-refractivity contribution is 5.08. The number of rotatable bonds is 7. The second-order valence-electron chi connectivity index (χ2n) is 11.1. The Bertz CT molecular complexity index is 611. The van der Waals surface area contributed by atoms with E-state index in [0.29, 0.717) is 17.8 Å². The van der Waals surface area contributed by atoms with Gasteiger partial charge in [0.1, 0.15) is 0 Å². The lowest BCUT2D eigenvalue weighted by Gasteiger charge is -2.59. The molecule has 6 aliphatic rings. The van der Waals surface area contributed by atoms with Crippen molar-refractivity contribution in [2.45, 2.75) is 102 Å². The van der Waals surface area contributed by atoms with Gasteiger partial charge >= 0.3 is 0 Å².